The molecule has 1 aliphatic rings. The Morgan fingerprint density at radius 3 is 2.50 bits per heavy atom. The van der Waals surface area contributed by atoms with E-state index in [1.54, 1.807) is 6.34 Å². The summed E-state index contributed by atoms with van der Waals surface area (Å²) in [6.45, 7) is 1.91. The number of benzene rings is 1. The number of amides is 1. The van der Waals surface area contributed by atoms with E-state index in [4.69, 9.17) is 0 Å². The van der Waals surface area contributed by atoms with Gasteiger partial charge in [0.1, 0.15) is 6.34 Å². The largest absolute Gasteiger partial charge is 0.361 e. The monoisotopic (exact) mass is 276 g/mol. The number of nitrogens with one attached hydrogen (secondary N) is 1. The molecule has 0 saturated carbocycles. The topological polar surface area (TPSA) is 87.8 Å². The molecular weight excluding hydrogens is 260 g/mol. The summed E-state index contributed by atoms with van der Waals surface area (Å²) in [4.78, 5) is 23.8. The quantitative estimate of drug-likeness (QED) is 0.393. The summed E-state index contributed by atoms with van der Waals surface area (Å²) in [5.41, 5.74) is 2.71. The van der Waals surface area contributed by atoms with Crippen molar-refractivity contribution in [2.75, 3.05) is 13.1 Å². The van der Waals surface area contributed by atoms with E-state index in [1.165, 1.54) is 30.7 Å². The Bertz CT molecular complexity index is 507. The van der Waals surface area contributed by atoms with Gasteiger partial charge in [0.05, 0.1) is 4.92 Å². The Morgan fingerprint density at radius 1 is 1.25 bits per heavy atom. The number of hydrogen-bond donors (Lipinski definition) is 1. The van der Waals surface area contributed by atoms with Gasteiger partial charge in [-0.15, -0.1) is 0 Å². The minimum absolute atomic E-state index is 0.0432. The Kier molecular flexibility index (Phi) is 4.65. The molecule has 0 spiro atoms. The van der Waals surface area contributed by atoms with Crippen LogP contribution in [0, 0.1) is 10.1 Å². The van der Waals surface area contributed by atoms with Crippen molar-refractivity contribution in [3.05, 3.63) is 39.9 Å². The normalized spacial score (nSPS) is 15.3. The molecule has 1 aliphatic heterocycles. The third kappa shape index (κ3) is 3.78. The number of carbonyl (C=O) groups excluding carboxylic acids is 1. The standard InChI is InChI=1S/C13H16N4O3/c18-13(11-4-6-12(7-5-11)17(19)20)15-14-10-16-8-2-1-3-9-16/h4-7,10H,1-3,8-9H2,(H,15,18)/b14-10+. The number of piperidine rings is 1. The van der Waals surface area contributed by atoms with Gasteiger partial charge in [-0.25, -0.2) is 5.43 Å². The van der Waals surface area contributed by atoms with E-state index in [0.717, 1.165) is 25.9 Å². The summed E-state index contributed by atoms with van der Waals surface area (Å²) in [6, 6.07) is 5.40. The summed E-state index contributed by atoms with van der Waals surface area (Å²) in [5, 5.41) is 14.4. The zero-order valence-electron chi connectivity index (χ0n) is 11.0. The number of nitro benzene ring substituents is 1. The van der Waals surface area contributed by atoms with Gasteiger partial charge in [0.2, 0.25) is 0 Å². The van der Waals surface area contributed by atoms with E-state index >= 15 is 0 Å². The minimum Gasteiger partial charge on any atom is -0.361 e. The van der Waals surface area contributed by atoms with Crippen molar-refractivity contribution in [3.63, 3.8) is 0 Å². The molecular formula is C13H16N4O3. The van der Waals surface area contributed by atoms with Gasteiger partial charge in [-0.2, -0.15) is 5.10 Å². The van der Waals surface area contributed by atoms with Gasteiger partial charge in [0, 0.05) is 30.8 Å². The maximum atomic E-state index is 11.8. The first-order valence-electron chi connectivity index (χ1n) is 6.49. The van der Waals surface area contributed by atoms with Crippen LogP contribution in [0.3, 0.4) is 0 Å². The fourth-order valence-electron chi connectivity index (χ4n) is 2.00. The van der Waals surface area contributed by atoms with E-state index < -0.39 is 4.92 Å². The molecule has 1 aromatic rings. The van der Waals surface area contributed by atoms with Crippen molar-refractivity contribution in [3.8, 4) is 0 Å². The molecule has 0 bridgehead atoms. The average Bonchev–Trinajstić information content (AvgIpc) is 2.48. The molecule has 0 aliphatic carbocycles. The third-order valence-electron chi connectivity index (χ3n) is 3.12. The number of nitrogens with zero attached hydrogens (tertiary/aromatic N) is 3. The summed E-state index contributed by atoms with van der Waals surface area (Å²) in [7, 11) is 0. The van der Waals surface area contributed by atoms with Crippen molar-refractivity contribution in [1.82, 2.24) is 10.3 Å². The van der Waals surface area contributed by atoms with Gasteiger partial charge in [-0.1, -0.05) is 0 Å². The predicted molar refractivity (Wildman–Crippen MR) is 74.5 cm³/mol. The lowest BCUT2D eigenvalue weighted by atomic mass is 10.1. The Balaban J connectivity index is 1.87. The zero-order valence-corrected chi connectivity index (χ0v) is 11.0. The average molecular weight is 276 g/mol. The maximum absolute atomic E-state index is 11.8. The molecule has 7 nitrogen and oxygen atoms in total. The molecule has 0 radical (unpaired) electrons. The van der Waals surface area contributed by atoms with Crippen LogP contribution in [0.4, 0.5) is 5.69 Å². The van der Waals surface area contributed by atoms with E-state index in [2.05, 4.69) is 15.4 Å². The summed E-state index contributed by atoms with van der Waals surface area (Å²) in [5.74, 6) is -0.381. The summed E-state index contributed by atoms with van der Waals surface area (Å²) >= 11 is 0. The van der Waals surface area contributed by atoms with Crippen molar-refractivity contribution in [2.24, 2.45) is 5.10 Å². The van der Waals surface area contributed by atoms with E-state index in [0.29, 0.717) is 5.56 Å². The lowest BCUT2D eigenvalue weighted by molar-refractivity contribution is -0.384. The molecule has 0 unspecified atom stereocenters. The van der Waals surface area contributed by atoms with Gasteiger partial charge in [0.15, 0.2) is 0 Å². The summed E-state index contributed by atoms with van der Waals surface area (Å²) in [6.07, 6.45) is 5.15. The highest BCUT2D eigenvalue weighted by Crippen LogP contribution is 2.11. The Morgan fingerprint density at radius 2 is 1.90 bits per heavy atom. The van der Waals surface area contributed by atoms with Crippen LogP contribution >= 0.6 is 0 Å². The molecule has 1 amide bonds. The van der Waals surface area contributed by atoms with Crippen molar-refractivity contribution >= 4 is 17.9 Å². The van der Waals surface area contributed by atoms with Crippen LogP contribution in [0.25, 0.3) is 0 Å². The first kappa shape index (κ1) is 14.0. The minimum atomic E-state index is -0.504. The number of hydrogen-bond acceptors (Lipinski definition) is 4. The molecule has 1 fully saturated rings. The Labute approximate surface area is 116 Å². The highest BCUT2D eigenvalue weighted by Gasteiger charge is 2.09. The number of nitro groups is 1. The predicted octanol–water partition coefficient (Wildman–Crippen LogP) is 1.75. The SMILES string of the molecule is O=C(N/N=C/N1CCCCC1)c1ccc([N+](=O)[O-])cc1. The van der Waals surface area contributed by atoms with Gasteiger partial charge in [-0.05, 0) is 31.4 Å². The Hall–Kier alpha value is -2.44. The van der Waals surface area contributed by atoms with E-state index in [1.807, 2.05) is 0 Å². The second kappa shape index (κ2) is 6.65. The molecule has 2 rings (SSSR count). The van der Waals surface area contributed by atoms with Gasteiger partial charge >= 0.3 is 0 Å². The molecule has 1 N–H and O–H groups in total. The lowest BCUT2D eigenvalue weighted by Crippen LogP contribution is -2.30. The van der Waals surface area contributed by atoms with E-state index in [-0.39, 0.29) is 11.6 Å². The third-order valence-corrected chi connectivity index (χ3v) is 3.12. The maximum Gasteiger partial charge on any atom is 0.271 e. The fourth-order valence-corrected chi connectivity index (χ4v) is 2.00. The summed E-state index contributed by atoms with van der Waals surface area (Å²) < 4.78 is 0. The lowest BCUT2D eigenvalue weighted by Gasteiger charge is -2.23. The second-order valence-electron chi connectivity index (χ2n) is 4.59. The molecule has 0 aromatic heterocycles. The van der Waals surface area contributed by atoms with Gasteiger partial charge < -0.3 is 4.90 Å². The first-order chi connectivity index (χ1) is 9.66. The van der Waals surface area contributed by atoms with Crippen molar-refractivity contribution < 1.29 is 9.72 Å². The molecule has 1 saturated heterocycles. The van der Waals surface area contributed by atoms with Crippen LogP contribution in [0.5, 0.6) is 0 Å². The number of non-ortho nitro benzene ring substituents is 1. The molecule has 7 heteroatoms. The fraction of sp³-hybridized carbons (Fsp3) is 0.385. The van der Waals surface area contributed by atoms with Crippen LogP contribution < -0.4 is 5.43 Å². The van der Waals surface area contributed by atoms with Crippen molar-refractivity contribution in [2.45, 2.75) is 19.3 Å². The number of rotatable bonds is 4. The van der Waals surface area contributed by atoms with Crippen molar-refractivity contribution in [1.29, 1.82) is 0 Å². The molecule has 106 valence electrons. The van der Waals surface area contributed by atoms with Gasteiger partial charge in [0.25, 0.3) is 11.6 Å². The second-order valence-corrected chi connectivity index (χ2v) is 4.59. The number of carbonyl (C=O) groups is 1. The first-order valence-corrected chi connectivity index (χ1v) is 6.49. The van der Waals surface area contributed by atoms with Gasteiger partial charge in [-0.3, -0.25) is 14.9 Å². The zero-order chi connectivity index (χ0) is 14.4. The smallest absolute Gasteiger partial charge is 0.271 e. The van der Waals surface area contributed by atoms with Crippen LogP contribution in [-0.2, 0) is 0 Å². The van der Waals surface area contributed by atoms with Crippen LogP contribution in [0.2, 0.25) is 0 Å². The van der Waals surface area contributed by atoms with Crippen LogP contribution in [-0.4, -0.2) is 35.2 Å². The molecule has 20 heavy (non-hydrogen) atoms. The number of likely N-dealkylation sites (tertiary alicyclic amines) is 1. The van der Waals surface area contributed by atoms with E-state index in [9.17, 15) is 14.9 Å². The van der Waals surface area contributed by atoms with Crippen LogP contribution in [0.1, 0.15) is 29.6 Å². The van der Waals surface area contributed by atoms with Crippen LogP contribution in [0.15, 0.2) is 29.4 Å². The molecule has 1 heterocycles. The highest BCUT2D eigenvalue weighted by molar-refractivity contribution is 5.94. The number of hydrazone groups is 1. The molecule has 0 atom stereocenters. The molecule has 1 aromatic carbocycles. The highest BCUT2D eigenvalue weighted by atomic mass is 16.6.